The molecule has 110 valence electrons. The van der Waals surface area contributed by atoms with E-state index in [0.717, 1.165) is 25.1 Å². The van der Waals surface area contributed by atoms with E-state index >= 15 is 0 Å². The van der Waals surface area contributed by atoms with Crippen molar-refractivity contribution in [1.82, 2.24) is 5.32 Å². The summed E-state index contributed by atoms with van der Waals surface area (Å²) in [5.41, 5.74) is 2.18. The van der Waals surface area contributed by atoms with Gasteiger partial charge in [-0.2, -0.15) is 0 Å². The molecule has 2 atom stereocenters. The van der Waals surface area contributed by atoms with Crippen LogP contribution in [0.3, 0.4) is 0 Å². The highest BCUT2D eigenvalue weighted by Gasteiger charge is 2.26. The zero-order valence-electron chi connectivity index (χ0n) is 13.0. The topological polar surface area (TPSA) is 41.1 Å². The van der Waals surface area contributed by atoms with E-state index in [1.165, 1.54) is 5.56 Å². The van der Waals surface area contributed by atoms with E-state index in [0.29, 0.717) is 6.04 Å². The highest BCUT2D eigenvalue weighted by Crippen LogP contribution is 2.30. The first-order valence-electron chi connectivity index (χ1n) is 7.51. The summed E-state index contributed by atoms with van der Waals surface area (Å²) in [6, 6.07) is 8.54. The fourth-order valence-corrected chi connectivity index (χ4v) is 2.85. The summed E-state index contributed by atoms with van der Waals surface area (Å²) in [5.74, 6) is 0.286. The summed E-state index contributed by atoms with van der Waals surface area (Å²) in [5, 5.41) is 6.53. The van der Waals surface area contributed by atoms with Crippen LogP contribution in [0.4, 0.5) is 5.69 Å². The maximum atomic E-state index is 12.5. The summed E-state index contributed by atoms with van der Waals surface area (Å²) < 4.78 is 0. The SMILES string of the molecule is CC1CC(C(=O)Nc2ccccc2C(C)(C)C)CCN1. The van der Waals surface area contributed by atoms with Crippen LogP contribution >= 0.6 is 0 Å². The fourth-order valence-electron chi connectivity index (χ4n) is 2.85. The fraction of sp³-hybridized carbons (Fsp3) is 0.588. The minimum Gasteiger partial charge on any atom is -0.326 e. The van der Waals surface area contributed by atoms with Crippen LogP contribution in [0.1, 0.15) is 46.1 Å². The molecular formula is C17H26N2O. The average molecular weight is 274 g/mol. The van der Waals surface area contributed by atoms with E-state index in [2.05, 4.69) is 44.4 Å². The number of benzene rings is 1. The second-order valence-electron chi connectivity index (χ2n) is 6.86. The molecular weight excluding hydrogens is 248 g/mol. The minimum atomic E-state index is 0.0330. The quantitative estimate of drug-likeness (QED) is 0.868. The predicted octanol–water partition coefficient (Wildman–Crippen LogP) is 3.31. The van der Waals surface area contributed by atoms with Gasteiger partial charge in [0.2, 0.25) is 5.91 Å². The Morgan fingerprint density at radius 3 is 2.65 bits per heavy atom. The highest BCUT2D eigenvalue weighted by atomic mass is 16.1. The van der Waals surface area contributed by atoms with Crippen molar-refractivity contribution >= 4 is 11.6 Å². The normalized spacial score (nSPS) is 23.4. The molecule has 0 spiro atoms. The number of para-hydroxylation sites is 1. The lowest BCUT2D eigenvalue weighted by atomic mass is 9.85. The van der Waals surface area contributed by atoms with Crippen molar-refractivity contribution in [1.29, 1.82) is 0 Å². The third-order valence-corrected chi connectivity index (χ3v) is 3.99. The third kappa shape index (κ3) is 3.60. The van der Waals surface area contributed by atoms with E-state index in [1.807, 2.05) is 18.2 Å². The van der Waals surface area contributed by atoms with Crippen LogP contribution in [0.2, 0.25) is 0 Å². The van der Waals surface area contributed by atoms with Crippen LogP contribution in [-0.2, 0) is 10.2 Å². The molecule has 1 aliphatic heterocycles. The molecule has 1 aromatic rings. The molecule has 0 aromatic heterocycles. The van der Waals surface area contributed by atoms with Gasteiger partial charge in [-0.1, -0.05) is 39.0 Å². The van der Waals surface area contributed by atoms with Gasteiger partial charge in [-0.05, 0) is 43.4 Å². The van der Waals surface area contributed by atoms with Gasteiger partial charge in [-0.3, -0.25) is 4.79 Å². The Bertz CT molecular complexity index is 476. The highest BCUT2D eigenvalue weighted by molar-refractivity contribution is 5.93. The molecule has 3 heteroatoms. The molecule has 0 aliphatic carbocycles. The van der Waals surface area contributed by atoms with Crippen molar-refractivity contribution in [2.45, 2.75) is 52.0 Å². The maximum absolute atomic E-state index is 12.5. The van der Waals surface area contributed by atoms with Crippen LogP contribution in [0.5, 0.6) is 0 Å². The number of nitrogens with one attached hydrogen (secondary N) is 2. The molecule has 1 amide bonds. The van der Waals surface area contributed by atoms with Crippen molar-refractivity contribution in [3.63, 3.8) is 0 Å². The second kappa shape index (κ2) is 5.96. The van der Waals surface area contributed by atoms with Crippen molar-refractivity contribution in [2.24, 2.45) is 5.92 Å². The minimum absolute atomic E-state index is 0.0330. The van der Waals surface area contributed by atoms with Crippen LogP contribution < -0.4 is 10.6 Å². The molecule has 2 N–H and O–H groups in total. The Kier molecular flexibility index (Phi) is 4.48. The Morgan fingerprint density at radius 2 is 2.00 bits per heavy atom. The molecule has 0 saturated carbocycles. The first-order valence-corrected chi connectivity index (χ1v) is 7.51. The smallest absolute Gasteiger partial charge is 0.227 e. The van der Waals surface area contributed by atoms with Gasteiger partial charge < -0.3 is 10.6 Å². The van der Waals surface area contributed by atoms with Gasteiger partial charge in [0.25, 0.3) is 0 Å². The number of piperidine rings is 1. The summed E-state index contributed by atoms with van der Waals surface area (Å²) in [4.78, 5) is 12.5. The van der Waals surface area contributed by atoms with Crippen LogP contribution in [0.15, 0.2) is 24.3 Å². The third-order valence-electron chi connectivity index (χ3n) is 3.99. The number of amides is 1. The standard InChI is InChI=1S/C17H26N2O/c1-12-11-13(9-10-18-12)16(20)19-15-8-6-5-7-14(15)17(2,3)4/h5-8,12-13,18H,9-11H2,1-4H3,(H,19,20). The van der Waals surface area contributed by atoms with Crippen molar-refractivity contribution < 1.29 is 4.79 Å². The molecule has 1 aromatic carbocycles. The lowest BCUT2D eigenvalue weighted by Gasteiger charge is -2.28. The van der Waals surface area contributed by atoms with Gasteiger partial charge in [0, 0.05) is 17.6 Å². The van der Waals surface area contributed by atoms with E-state index in [9.17, 15) is 4.79 Å². The number of hydrogen-bond acceptors (Lipinski definition) is 2. The van der Waals surface area contributed by atoms with Crippen LogP contribution in [-0.4, -0.2) is 18.5 Å². The van der Waals surface area contributed by atoms with Gasteiger partial charge in [-0.25, -0.2) is 0 Å². The van der Waals surface area contributed by atoms with E-state index in [-0.39, 0.29) is 17.2 Å². The summed E-state index contributed by atoms with van der Waals surface area (Å²) in [6.07, 6.45) is 1.84. The first-order chi connectivity index (χ1) is 9.38. The molecule has 2 unspecified atom stereocenters. The molecule has 1 fully saturated rings. The molecule has 3 nitrogen and oxygen atoms in total. The van der Waals surface area contributed by atoms with Crippen molar-refractivity contribution in [3.05, 3.63) is 29.8 Å². The second-order valence-corrected chi connectivity index (χ2v) is 6.86. The van der Waals surface area contributed by atoms with Crippen molar-refractivity contribution in [3.8, 4) is 0 Å². The number of carbonyl (C=O) groups is 1. The van der Waals surface area contributed by atoms with E-state index < -0.39 is 0 Å². The lowest BCUT2D eigenvalue weighted by molar-refractivity contribution is -0.120. The Labute approximate surface area is 122 Å². The molecule has 1 aliphatic rings. The van der Waals surface area contributed by atoms with Gasteiger partial charge in [0.15, 0.2) is 0 Å². The first kappa shape index (κ1) is 15.0. The number of hydrogen-bond donors (Lipinski definition) is 2. The van der Waals surface area contributed by atoms with Gasteiger partial charge >= 0.3 is 0 Å². The summed E-state index contributed by atoms with van der Waals surface area (Å²) in [7, 11) is 0. The zero-order chi connectivity index (χ0) is 14.8. The van der Waals surface area contributed by atoms with Gasteiger partial charge in [-0.15, -0.1) is 0 Å². The lowest BCUT2D eigenvalue weighted by Crippen LogP contribution is -2.40. The van der Waals surface area contributed by atoms with Crippen molar-refractivity contribution in [2.75, 3.05) is 11.9 Å². The summed E-state index contributed by atoms with van der Waals surface area (Å²) >= 11 is 0. The average Bonchev–Trinajstić information content (AvgIpc) is 2.38. The predicted molar refractivity (Wildman–Crippen MR) is 84.0 cm³/mol. The molecule has 0 bridgehead atoms. The van der Waals surface area contributed by atoms with Crippen LogP contribution in [0.25, 0.3) is 0 Å². The zero-order valence-corrected chi connectivity index (χ0v) is 13.0. The van der Waals surface area contributed by atoms with Gasteiger partial charge in [0.1, 0.15) is 0 Å². The number of carbonyl (C=O) groups excluding carboxylic acids is 1. The monoisotopic (exact) mass is 274 g/mol. The number of rotatable bonds is 2. The molecule has 1 saturated heterocycles. The Hall–Kier alpha value is -1.35. The summed E-state index contributed by atoms with van der Waals surface area (Å²) in [6.45, 7) is 9.59. The van der Waals surface area contributed by atoms with Crippen LogP contribution in [0, 0.1) is 5.92 Å². The molecule has 20 heavy (non-hydrogen) atoms. The molecule has 0 radical (unpaired) electrons. The van der Waals surface area contributed by atoms with E-state index in [1.54, 1.807) is 0 Å². The van der Waals surface area contributed by atoms with Gasteiger partial charge in [0.05, 0.1) is 0 Å². The largest absolute Gasteiger partial charge is 0.326 e. The Morgan fingerprint density at radius 1 is 1.30 bits per heavy atom. The maximum Gasteiger partial charge on any atom is 0.227 e. The number of anilines is 1. The molecule has 1 heterocycles. The Balaban J connectivity index is 2.12. The molecule has 2 rings (SSSR count). The van der Waals surface area contributed by atoms with E-state index in [4.69, 9.17) is 0 Å².